The van der Waals surface area contributed by atoms with Gasteiger partial charge in [-0.05, 0) is 24.6 Å². The van der Waals surface area contributed by atoms with Crippen molar-refractivity contribution in [2.75, 3.05) is 5.32 Å². The lowest BCUT2D eigenvalue weighted by Crippen LogP contribution is -2.27. The van der Waals surface area contributed by atoms with Crippen molar-refractivity contribution < 1.29 is 9.59 Å². The molecule has 6 heteroatoms. The van der Waals surface area contributed by atoms with Crippen molar-refractivity contribution in [1.82, 2.24) is 0 Å². The van der Waals surface area contributed by atoms with Crippen LogP contribution in [-0.4, -0.2) is 16.0 Å². The number of carbonyl (C=O) groups excluding carboxylic acids is 2. The van der Waals surface area contributed by atoms with Crippen LogP contribution in [0.25, 0.3) is 0 Å². The Morgan fingerprint density at radius 1 is 1.38 bits per heavy atom. The molecule has 0 aliphatic heterocycles. The number of nitrogens with one attached hydrogen (secondary N) is 1. The lowest BCUT2D eigenvalue weighted by atomic mass is 10.1. The Bertz CT molecular complexity index is 427. The number of halogens is 3. The highest BCUT2D eigenvalue weighted by Crippen LogP contribution is 2.28. The number of hydrogen-bond acceptors (Lipinski definition) is 2. The van der Waals surface area contributed by atoms with E-state index in [0.29, 0.717) is 17.5 Å². The molecule has 1 N–H and O–H groups in total. The Hall–Kier alpha value is -0.770. The highest BCUT2D eigenvalue weighted by molar-refractivity contribution is 6.76. The van der Waals surface area contributed by atoms with E-state index in [4.69, 9.17) is 34.8 Å². The number of carbonyl (C=O) groups is 2. The van der Waals surface area contributed by atoms with E-state index < -0.39 is 9.70 Å². The largest absolute Gasteiger partial charge is 0.322 e. The molecular formula is C10H8Cl3NO2. The second kappa shape index (κ2) is 5.04. The number of aldehydes is 1. The van der Waals surface area contributed by atoms with Gasteiger partial charge in [-0.1, -0.05) is 40.9 Å². The zero-order valence-corrected chi connectivity index (χ0v) is 10.5. The maximum absolute atomic E-state index is 11.4. The minimum absolute atomic E-state index is 0.325. The Morgan fingerprint density at radius 3 is 2.50 bits per heavy atom. The lowest BCUT2D eigenvalue weighted by Gasteiger charge is -2.13. The quantitative estimate of drug-likeness (QED) is 0.668. The van der Waals surface area contributed by atoms with E-state index in [-0.39, 0.29) is 0 Å². The summed E-state index contributed by atoms with van der Waals surface area (Å²) in [4.78, 5) is 22.1. The average Bonchev–Trinajstić information content (AvgIpc) is 2.16. The van der Waals surface area contributed by atoms with Gasteiger partial charge in [0.05, 0.1) is 5.69 Å². The maximum atomic E-state index is 11.4. The first-order valence-corrected chi connectivity index (χ1v) is 5.42. The number of anilines is 1. The first kappa shape index (κ1) is 13.3. The number of aryl methyl sites for hydroxylation is 1. The van der Waals surface area contributed by atoms with Crippen LogP contribution < -0.4 is 5.32 Å². The van der Waals surface area contributed by atoms with E-state index in [1.165, 1.54) is 0 Å². The molecule has 0 radical (unpaired) electrons. The van der Waals surface area contributed by atoms with Gasteiger partial charge in [-0.2, -0.15) is 0 Å². The summed E-state index contributed by atoms with van der Waals surface area (Å²) in [7, 11) is 0. The predicted octanol–water partition coefficient (Wildman–Crippen LogP) is 3.12. The van der Waals surface area contributed by atoms with Crippen LogP contribution in [0.1, 0.15) is 15.9 Å². The van der Waals surface area contributed by atoms with Crippen LogP contribution >= 0.6 is 34.8 Å². The number of rotatable bonds is 2. The van der Waals surface area contributed by atoms with Gasteiger partial charge in [0.2, 0.25) is 0 Å². The fourth-order valence-electron chi connectivity index (χ4n) is 1.07. The van der Waals surface area contributed by atoms with E-state index >= 15 is 0 Å². The van der Waals surface area contributed by atoms with Crippen molar-refractivity contribution >= 4 is 52.7 Å². The van der Waals surface area contributed by atoms with Crippen LogP contribution in [-0.2, 0) is 4.79 Å². The Labute approximate surface area is 108 Å². The summed E-state index contributed by atoms with van der Waals surface area (Å²) < 4.78 is -2.05. The molecule has 1 rings (SSSR count). The van der Waals surface area contributed by atoms with Crippen molar-refractivity contribution in [3.63, 3.8) is 0 Å². The molecule has 0 aliphatic rings. The van der Waals surface area contributed by atoms with E-state index in [1.807, 2.05) is 6.92 Å². The van der Waals surface area contributed by atoms with E-state index in [9.17, 15) is 9.59 Å². The summed E-state index contributed by atoms with van der Waals surface area (Å²) >= 11 is 16.2. The molecule has 1 aromatic rings. The molecule has 0 heterocycles. The topological polar surface area (TPSA) is 46.2 Å². The van der Waals surface area contributed by atoms with Crippen LogP contribution in [0, 0.1) is 6.92 Å². The Kier molecular flexibility index (Phi) is 4.19. The van der Waals surface area contributed by atoms with Gasteiger partial charge in [-0.15, -0.1) is 0 Å². The fraction of sp³-hybridized carbons (Fsp3) is 0.200. The minimum atomic E-state index is -2.05. The molecule has 0 saturated carbocycles. The molecule has 1 aromatic carbocycles. The van der Waals surface area contributed by atoms with Gasteiger partial charge in [0.25, 0.3) is 9.70 Å². The SMILES string of the molecule is Cc1ccc(C=O)c(NC(=O)C(Cl)(Cl)Cl)c1. The van der Waals surface area contributed by atoms with Gasteiger partial charge < -0.3 is 5.32 Å². The monoisotopic (exact) mass is 279 g/mol. The van der Waals surface area contributed by atoms with Gasteiger partial charge >= 0.3 is 0 Å². The summed E-state index contributed by atoms with van der Waals surface area (Å²) in [6.07, 6.45) is 0.618. The van der Waals surface area contributed by atoms with Crippen LogP contribution in [0.15, 0.2) is 18.2 Å². The minimum Gasteiger partial charge on any atom is -0.322 e. The molecule has 16 heavy (non-hydrogen) atoms. The van der Waals surface area contributed by atoms with E-state index in [1.54, 1.807) is 18.2 Å². The third-order valence-electron chi connectivity index (χ3n) is 1.84. The van der Waals surface area contributed by atoms with Crippen molar-refractivity contribution in [3.05, 3.63) is 29.3 Å². The van der Waals surface area contributed by atoms with Gasteiger partial charge in [0.1, 0.15) is 0 Å². The number of benzene rings is 1. The van der Waals surface area contributed by atoms with Gasteiger partial charge in [-0.3, -0.25) is 9.59 Å². The zero-order chi connectivity index (χ0) is 12.3. The summed E-state index contributed by atoms with van der Waals surface area (Å²) in [5.74, 6) is -0.800. The molecule has 0 bridgehead atoms. The Balaban J connectivity index is 3.00. The average molecular weight is 281 g/mol. The molecule has 0 atom stereocenters. The summed E-state index contributed by atoms with van der Waals surface area (Å²) in [5.41, 5.74) is 1.53. The maximum Gasteiger partial charge on any atom is 0.276 e. The van der Waals surface area contributed by atoms with Gasteiger partial charge in [0.15, 0.2) is 6.29 Å². The van der Waals surface area contributed by atoms with Crippen molar-refractivity contribution in [2.45, 2.75) is 10.7 Å². The van der Waals surface area contributed by atoms with Gasteiger partial charge in [0, 0.05) is 5.56 Å². The molecule has 1 amide bonds. The molecule has 0 spiro atoms. The molecule has 3 nitrogen and oxygen atoms in total. The summed E-state index contributed by atoms with van der Waals surface area (Å²) in [6.45, 7) is 1.82. The molecule has 0 fully saturated rings. The van der Waals surface area contributed by atoms with Crippen molar-refractivity contribution in [1.29, 1.82) is 0 Å². The third kappa shape index (κ3) is 3.37. The second-order valence-electron chi connectivity index (χ2n) is 3.16. The van der Waals surface area contributed by atoms with Crippen LogP contribution in [0.2, 0.25) is 0 Å². The van der Waals surface area contributed by atoms with E-state index in [2.05, 4.69) is 5.32 Å². The summed E-state index contributed by atoms with van der Waals surface area (Å²) in [6, 6.07) is 4.95. The highest BCUT2D eigenvalue weighted by Gasteiger charge is 2.31. The standard InChI is InChI=1S/C10H8Cl3NO2/c1-6-2-3-7(5-15)8(4-6)14-9(16)10(11,12)13/h2-5H,1H3,(H,14,16). The molecule has 86 valence electrons. The van der Waals surface area contributed by atoms with E-state index in [0.717, 1.165) is 5.56 Å². The van der Waals surface area contributed by atoms with Crippen molar-refractivity contribution in [3.8, 4) is 0 Å². The fourth-order valence-corrected chi connectivity index (χ4v) is 1.22. The second-order valence-corrected chi connectivity index (χ2v) is 5.44. The molecule has 0 aromatic heterocycles. The first-order chi connectivity index (χ1) is 7.34. The van der Waals surface area contributed by atoms with Crippen LogP contribution in [0.5, 0.6) is 0 Å². The highest BCUT2D eigenvalue weighted by atomic mass is 35.6. The van der Waals surface area contributed by atoms with Crippen molar-refractivity contribution in [2.24, 2.45) is 0 Å². The summed E-state index contributed by atoms with van der Waals surface area (Å²) in [5, 5.41) is 2.38. The first-order valence-electron chi connectivity index (χ1n) is 4.28. The van der Waals surface area contributed by atoms with Crippen LogP contribution in [0.4, 0.5) is 5.69 Å². The smallest absolute Gasteiger partial charge is 0.276 e. The Morgan fingerprint density at radius 2 is 2.00 bits per heavy atom. The van der Waals surface area contributed by atoms with Crippen LogP contribution in [0.3, 0.4) is 0 Å². The zero-order valence-electron chi connectivity index (χ0n) is 8.26. The molecular weight excluding hydrogens is 272 g/mol. The molecule has 0 aliphatic carbocycles. The molecule has 0 saturated heterocycles. The predicted molar refractivity (Wildman–Crippen MR) is 65.5 cm³/mol. The number of hydrogen-bond donors (Lipinski definition) is 1. The normalized spacial score (nSPS) is 11.0. The lowest BCUT2D eigenvalue weighted by molar-refractivity contribution is -0.115. The van der Waals surface area contributed by atoms with Gasteiger partial charge in [-0.25, -0.2) is 0 Å². The number of amides is 1. The number of alkyl halides is 3. The molecule has 0 unspecified atom stereocenters. The third-order valence-corrected chi connectivity index (χ3v) is 2.36.